The van der Waals surface area contributed by atoms with Crippen LogP contribution in [0.4, 0.5) is 0 Å². The fraction of sp³-hybridized carbons (Fsp3) is 0.0769. The summed E-state index contributed by atoms with van der Waals surface area (Å²) in [5.41, 5.74) is 0.776. The van der Waals surface area contributed by atoms with Crippen molar-refractivity contribution in [1.29, 1.82) is 5.26 Å². The standard InChI is InChI=1S/C13H9N5O2S/c1-21(19,20)13-10(7-14)12-17-15-8-18(12)11(16-13)9-5-3-2-4-6-9/h2-6,8H,1H3. The summed E-state index contributed by atoms with van der Waals surface area (Å²) in [6, 6.07) is 10.9. The quantitative estimate of drug-likeness (QED) is 0.656. The van der Waals surface area contributed by atoms with Crippen molar-refractivity contribution in [3.8, 4) is 17.5 Å². The summed E-state index contributed by atoms with van der Waals surface area (Å²) in [7, 11) is -3.66. The van der Waals surface area contributed by atoms with Gasteiger partial charge in [-0.1, -0.05) is 30.3 Å². The van der Waals surface area contributed by atoms with Gasteiger partial charge in [0, 0.05) is 11.8 Å². The van der Waals surface area contributed by atoms with E-state index in [9.17, 15) is 13.7 Å². The van der Waals surface area contributed by atoms with E-state index in [0.717, 1.165) is 6.26 Å². The highest BCUT2D eigenvalue weighted by atomic mass is 32.2. The summed E-state index contributed by atoms with van der Waals surface area (Å²) in [6.45, 7) is 0. The molecule has 1 aromatic carbocycles. The third-order valence-corrected chi connectivity index (χ3v) is 3.91. The van der Waals surface area contributed by atoms with Crippen molar-refractivity contribution >= 4 is 15.5 Å². The Bertz CT molecular complexity index is 971. The first-order chi connectivity index (χ1) is 10.0. The molecule has 21 heavy (non-hydrogen) atoms. The van der Waals surface area contributed by atoms with Crippen molar-refractivity contribution in [3.63, 3.8) is 0 Å². The minimum absolute atomic E-state index is 0.102. The lowest BCUT2D eigenvalue weighted by molar-refractivity contribution is 0.597. The number of nitriles is 1. The van der Waals surface area contributed by atoms with Crippen LogP contribution in [0, 0.1) is 11.3 Å². The van der Waals surface area contributed by atoms with Gasteiger partial charge in [0.25, 0.3) is 0 Å². The molecule has 0 spiro atoms. The predicted molar refractivity (Wildman–Crippen MR) is 74.0 cm³/mol. The first-order valence-electron chi connectivity index (χ1n) is 5.91. The number of hydrogen-bond acceptors (Lipinski definition) is 6. The Morgan fingerprint density at radius 2 is 1.95 bits per heavy atom. The van der Waals surface area contributed by atoms with Crippen LogP contribution in [0.15, 0.2) is 41.7 Å². The molecule has 0 amide bonds. The molecule has 0 atom stereocenters. The van der Waals surface area contributed by atoms with E-state index in [1.165, 1.54) is 10.7 Å². The molecule has 0 aliphatic rings. The van der Waals surface area contributed by atoms with Crippen LogP contribution < -0.4 is 0 Å². The van der Waals surface area contributed by atoms with Crippen molar-refractivity contribution in [2.75, 3.05) is 6.26 Å². The second kappa shape index (κ2) is 4.64. The number of aromatic nitrogens is 4. The smallest absolute Gasteiger partial charge is 0.194 e. The van der Waals surface area contributed by atoms with Gasteiger partial charge in [-0.3, -0.25) is 4.40 Å². The molecule has 0 aliphatic carbocycles. The molecule has 0 aliphatic heterocycles. The van der Waals surface area contributed by atoms with E-state index in [0.29, 0.717) is 11.4 Å². The van der Waals surface area contributed by atoms with Crippen molar-refractivity contribution in [3.05, 3.63) is 42.2 Å². The third kappa shape index (κ3) is 2.13. The van der Waals surface area contributed by atoms with Crippen molar-refractivity contribution in [2.45, 2.75) is 5.03 Å². The lowest BCUT2D eigenvalue weighted by Crippen LogP contribution is -2.09. The maximum Gasteiger partial charge on any atom is 0.194 e. The zero-order valence-electron chi connectivity index (χ0n) is 10.9. The van der Waals surface area contributed by atoms with E-state index in [4.69, 9.17) is 0 Å². The van der Waals surface area contributed by atoms with E-state index >= 15 is 0 Å². The molecule has 2 heterocycles. The van der Waals surface area contributed by atoms with Crippen LogP contribution in [0.5, 0.6) is 0 Å². The number of rotatable bonds is 2. The van der Waals surface area contributed by atoms with Gasteiger partial charge >= 0.3 is 0 Å². The van der Waals surface area contributed by atoms with Crippen LogP contribution >= 0.6 is 0 Å². The van der Waals surface area contributed by atoms with Crippen LogP contribution in [0.1, 0.15) is 5.56 Å². The van der Waals surface area contributed by atoms with Crippen molar-refractivity contribution in [2.24, 2.45) is 0 Å². The molecule has 0 radical (unpaired) electrons. The fourth-order valence-corrected chi connectivity index (χ4v) is 2.78. The summed E-state index contributed by atoms with van der Waals surface area (Å²) >= 11 is 0. The highest BCUT2D eigenvalue weighted by Crippen LogP contribution is 2.24. The topological polar surface area (TPSA) is 101 Å². The normalized spacial score (nSPS) is 11.4. The Balaban J connectivity index is 2.48. The molecule has 7 nitrogen and oxygen atoms in total. The van der Waals surface area contributed by atoms with E-state index in [-0.39, 0.29) is 16.2 Å². The van der Waals surface area contributed by atoms with Gasteiger partial charge < -0.3 is 0 Å². The van der Waals surface area contributed by atoms with Crippen molar-refractivity contribution < 1.29 is 8.42 Å². The van der Waals surface area contributed by atoms with E-state index in [1.54, 1.807) is 12.1 Å². The minimum Gasteiger partial charge on any atom is -0.264 e. The number of sulfone groups is 1. The van der Waals surface area contributed by atoms with E-state index < -0.39 is 9.84 Å². The lowest BCUT2D eigenvalue weighted by atomic mass is 10.2. The molecule has 0 N–H and O–H groups in total. The molecule has 8 heteroatoms. The third-order valence-electron chi connectivity index (χ3n) is 2.92. The average Bonchev–Trinajstić information content (AvgIpc) is 2.94. The van der Waals surface area contributed by atoms with Gasteiger partial charge in [-0.15, -0.1) is 10.2 Å². The molecular weight excluding hydrogens is 290 g/mol. The van der Waals surface area contributed by atoms with Crippen LogP contribution in [0.25, 0.3) is 17.0 Å². The number of hydrogen-bond donors (Lipinski definition) is 0. The van der Waals surface area contributed by atoms with Gasteiger partial charge in [-0.2, -0.15) is 5.26 Å². The molecule has 0 saturated heterocycles. The molecule has 0 bridgehead atoms. The number of nitrogens with zero attached hydrogens (tertiary/aromatic N) is 5. The van der Waals surface area contributed by atoms with Gasteiger partial charge in [0.15, 0.2) is 20.5 Å². The fourth-order valence-electron chi connectivity index (χ4n) is 2.02. The molecular formula is C13H9N5O2S. The summed E-state index contributed by atoms with van der Waals surface area (Å²) in [5.74, 6) is 0.370. The monoisotopic (exact) mass is 299 g/mol. The van der Waals surface area contributed by atoms with Crippen LogP contribution in [0.3, 0.4) is 0 Å². The summed E-state index contributed by atoms with van der Waals surface area (Å²) in [4.78, 5) is 4.16. The largest absolute Gasteiger partial charge is 0.264 e. The molecule has 0 fully saturated rings. The van der Waals surface area contributed by atoms with E-state index in [1.807, 2.05) is 24.3 Å². The second-order valence-corrected chi connectivity index (χ2v) is 6.32. The van der Waals surface area contributed by atoms with Gasteiger partial charge in [0.1, 0.15) is 23.8 Å². The molecule has 3 rings (SSSR count). The Morgan fingerprint density at radius 1 is 1.24 bits per heavy atom. The first kappa shape index (κ1) is 13.2. The van der Waals surface area contributed by atoms with Gasteiger partial charge in [-0.25, -0.2) is 13.4 Å². The highest BCUT2D eigenvalue weighted by molar-refractivity contribution is 7.90. The zero-order chi connectivity index (χ0) is 15.0. The second-order valence-electron chi connectivity index (χ2n) is 4.39. The van der Waals surface area contributed by atoms with Crippen molar-refractivity contribution in [1.82, 2.24) is 19.6 Å². The van der Waals surface area contributed by atoms with Crippen LogP contribution in [-0.4, -0.2) is 34.3 Å². The van der Waals surface area contributed by atoms with Gasteiger partial charge in [-0.05, 0) is 0 Å². The molecule has 0 saturated carbocycles. The molecule has 0 unspecified atom stereocenters. The minimum atomic E-state index is -3.66. The number of benzene rings is 1. The maximum absolute atomic E-state index is 11.9. The summed E-state index contributed by atoms with van der Waals surface area (Å²) < 4.78 is 25.3. The molecule has 3 aromatic rings. The molecule has 104 valence electrons. The Labute approximate surface area is 120 Å². The van der Waals surface area contributed by atoms with Crippen LogP contribution in [0.2, 0.25) is 0 Å². The first-order valence-corrected chi connectivity index (χ1v) is 7.81. The van der Waals surface area contributed by atoms with Crippen LogP contribution in [-0.2, 0) is 9.84 Å². The Morgan fingerprint density at radius 3 is 2.57 bits per heavy atom. The Hall–Kier alpha value is -2.79. The van der Waals surface area contributed by atoms with Gasteiger partial charge in [0.05, 0.1) is 0 Å². The Kier molecular flexibility index (Phi) is 2.92. The zero-order valence-corrected chi connectivity index (χ0v) is 11.7. The number of fused-ring (bicyclic) bond motifs is 1. The molecule has 2 aromatic heterocycles. The average molecular weight is 299 g/mol. The summed E-state index contributed by atoms with van der Waals surface area (Å²) in [5, 5.41) is 16.5. The SMILES string of the molecule is CS(=O)(=O)c1nc(-c2ccccc2)n2cnnc2c1C#N. The lowest BCUT2D eigenvalue weighted by Gasteiger charge is -2.08. The van der Waals surface area contributed by atoms with Gasteiger partial charge in [0.2, 0.25) is 0 Å². The highest BCUT2D eigenvalue weighted by Gasteiger charge is 2.23. The summed E-state index contributed by atoms with van der Waals surface area (Å²) in [6.07, 6.45) is 2.41. The predicted octanol–water partition coefficient (Wildman–Crippen LogP) is 1.07. The maximum atomic E-state index is 11.9. The van der Waals surface area contributed by atoms with E-state index in [2.05, 4.69) is 15.2 Å².